The fourth-order valence-electron chi connectivity index (χ4n) is 1.31. The molecule has 0 radical (unpaired) electrons. The van der Waals surface area contributed by atoms with E-state index in [1.54, 1.807) is 0 Å². The number of unbranched alkanes of at least 4 members (excludes halogenated alkanes) is 1. The van der Waals surface area contributed by atoms with E-state index < -0.39 is 11.0 Å². The maximum Gasteiger partial charge on any atom is 0.429 e. The number of amides is 1. The van der Waals surface area contributed by atoms with Crippen molar-refractivity contribution in [3.05, 3.63) is 34.4 Å². The van der Waals surface area contributed by atoms with Gasteiger partial charge in [-0.15, -0.1) is 0 Å². The molecule has 0 aromatic heterocycles. The zero-order valence-electron chi connectivity index (χ0n) is 10.3. The van der Waals surface area contributed by atoms with E-state index in [-0.39, 0.29) is 11.4 Å². The Balaban J connectivity index is 2.49. The summed E-state index contributed by atoms with van der Waals surface area (Å²) in [5, 5.41) is 11.4. The van der Waals surface area contributed by atoms with Gasteiger partial charge in [-0.3, -0.25) is 10.1 Å². The Morgan fingerprint density at radius 2 is 1.95 bits per heavy atom. The summed E-state index contributed by atoms with van der Waals surface area (Å²) in [6, 6.07) is 5.17. The third-order valence-corrected chi connectivity index (χ3v) is 2.34. The predicted molar refractivity (Wildman–Crippen MR) is 68.3 cm³/mol. The Hall–Kier alpha value is -2.19. The maximum absolute atomic E-state index is 11.5. The van der Waals surface area contributed by atoms with Crippen LogP contribution in [-0.2, 0) is 0 Å². The quantitative estimate of drug-likeness (QED) is 0.261. The second-order valence-electron chi connectivity index (χ2n) is 3.81. The number of ether oxygens (including phenoxy) is 1. The molecule has 8 nitrogen and oxygen atoms in total. The van der Waals surface area contributed by atoms with Crippen molar-refractivity contribution in [1.29, 1.82) is 0 Å². The van der Waals surface area contributed by atoms with Crippen molar-refractivity contribution < 1.29 is 14.5 Å². The third kappa shape index (κ3) is 4.90. The van der Waals surface area contributed by atoms with Gasteiger partial charge >= 0.3 is 6.09 Å². The van der Waals surface area contributed by atoms with Gasteiger partial charge in [-0.1, -0.05) is 0 Å². The summed E-state index contributed by atoms with van der Waals surface area (Å²) < 4.78 is 4.95. The molecule has 8 heteroatoms. The lowest BCUT2D eigenvalue weighted by molar-refractivity contribution is -0.384. The van der Waals surface area contributed by atoms with Crippen LogP contribution in [0.4, 0.5) is 10.5 Å². The van der Waals surface area contributed by atoms with Crippen molar-refractivity contribution in [2.24, 2.45) is 11.6 Å². The van der Waals surface area contributed by atoms with E-state index in [4.69, 9.17) is 16.3 Å². The van der Waals surface area contributed by atoms with Gasteiger partial charge < -0.3 is 10.5 Å². The number of nitrogens with two attached hydrogens (primary N) is 2. The number of hydrogen-bond donors (Lipinski definition) is 2. The van der Waals surface area contributed by atoms with Crippen LogP contribution in [0.25, 0.3) is 0 Å². The second kappa shape index (κ2) is 7.29. The molecule has 0 aliphatic rings. The highest BCUT2D eigenvalue weighted by Crippen LogP contribution is 2.17. The minimum absolute atomic E-state index is 0.0765. The van der Waals surface area contributed by atoms with Gasteiger partial charge in [-0.25, -0.2) is 15.6 Å². The number of benzene rings is 1. The van der Waals surface area contributed by atoms with Crippen molar-refractivity contribution in [2.75, 3.05) is 13.1 Å². The molecule has 0 fully saturated rings. The number of nitro groups is 1. The summed E-state index contributed by atoms with van der Waals surface area (Å²) in [6.07, 6.45) is 0.729. The van der Waals surface area contributed by atoms with Crippen LogP contribution in [-0.4, -0.2) is 29.1 Å². The van der Waals surface area contributed by atoms with E-state index in [1.807, 2.05) is 0 Å². The summed E-state index contributed by atoms with van der Waals surface area (Å²) in [6.45, 7) is 0.869. The van der Waals surface area contributed by atoms with E-state index in [0.717, 1.165) is 11.4 Å². The first kappa shape index (κ1) is 14.9. The SMILES string of the molecule is NCCCCN(N)C(=O)Oc1ccc([N+](=O)[O-])cc1. The highest BCUT2D eigenvalue weighted by Gasteiger charge is 2.12. The zero-order chi connectivity index (χ0) is 14.3. The van der Waals surface area contributed by atoms with Crippen LogP contribution < -0.4 is 16.3 Å². The Bertz CT molecular complexity index is 435. The molecule has 19 heavy (non-hydrogen) atoms. The monoisotopic (exact) mass is 268 g/mol. The van der Waals surface area contributed by atoms with Crippen molar-refractivity contribution in [3.8, 4) is 5.75 Å². The Labute approximate surface area is 110 Å². The van der Waals surface area contributed by atoms with Crippen LogP contribution >= 0.6 is 0 Å². The lowest BCUT2D eigenvalue weighted by atomic mass is 10.3. The number of nitrogens with zero attached hydrogens (tertiary/aromatic N) is 2. The molecule has 104 valence electrons. The summed E-state index contributed by atoms with van der Waals surface area (Å²) in [5.74, 6) is 5.69. The third-order valence-electron chi connectivity index (χ3n) is 2.34. The van der Waals surface area contributed by atoms with Gasteiger partial charge in [-0.05, 0) is 31.5 Å². The molecule has 0 saturated heterocycles. The van der Waals surface area contributed by atoms with Crippen LogP contribution in [0.3, 0.4) is 0 Å². The zero-order valence-corrected chi connectivity index (χ0v) is 10.3. The Morgan fingerprint density at radius 1 is 1.32 bits per heavy atom. The number of non-ortho nitro benzene ring substituents is 1. The van der Waals surface area contributed by atoms with Gasteiger partial charge in [0.05, 0.1) is 4.92 Å². The average molecular weight is 268 g/mol. The highest BCUT2D eigenvalue weighted by molar-refractivity contribution is 5.70. The van der Waals surface area contributed by atoms with Crippen molar-refractivity contribution >= 4 is 11.8 Å². The van der Waals surface area contributed by atoms with Crippen LogP contribution in [0.5, 0.6) is 5.75 Å². The lowest BCUT2D eigenvalue weighted by Gasteiger charge is -2.15. The molecule has 1 amide bonds. The van der Waals surface area contributed by atoms with E-state index in [0.29, 0.717) is 19.5 Å². The van der Waals surface area contributed by atoms with Gasteiger partial charge in [0.1, 0.15) is 5.75 Å². The molecule has 0 unspecified atom stereocenters. The number of nitro benzene ring substituents is 1. The molecular formula is C11H16N4O4. The molecule has 1 aromatic rings. The molecule has 0 aliphatic carbocycles. The summed E-state index contributed by atoms with van der Waals surface area (Å²) in [4.78, 5) is 21.5. The lowest BCUT2D eigenvalue weighted by Crippen LogP contribution is -2.40. The predicted octanol–water partition coefficient (Wildman–Crippen LogP) is 1.01. The first-order chi connectivity index (χ1) is 9.04. The van der Waals surface area contributed by atoms with Gasteiger partial charge in [0.15, 0.2) is 0 Å². The van der Waals surface area contributed by atoms with E-state index >= 15 is 0 Å². The van der Waals surface area contributed by atoms with Crippen LogP contribution in [0.1, 0.15) is 12.8 Å². The second-order valence-corrected chi connectivity index (χ2v) is 3.81. The molecule has 4 N–H and O–H groups in total. The summed E-state index contributed by atoms with van der Waals surface area (Å²) in [7, 11) is 0. The standard InChI is InChI=1S/C11H16N4O4/c12-7-1-2-8-14(13)11(16)19-10-5-3-9(4-6-10)15(17)18/h3-6H,1-2,7-8,12-13H2. The molecule has 0 heterocycles. The number of carbonyl (C=O) groups excluding carboxylic acids is 1. The largest absolute Gasteiger partial charge is 0.429 e. The van der Waals surface area contributed by atoms with Crippen LogP contribution in [0.2, 0.25) is 0 Å². The first-order valence-electron chi connectivity index (χ1n) is 5.73. The molecule has 0 spiro atoms. The normalized spacial score (nSPS) is 10.0. The molecular weight excluding hydrogens is 252 g/mol. The van der Waals surface area contributed by atoms with E-state index in [1.165, 1.54) is 24.3 Å². The molecule has 1 rings (SSSR count). The van der Waals surface area contributed by atoms with Crippen molar-refractivity contribution in [1.82, 2.24) is 5.01 Å². The number of rotatable bonds is 6. The number of hydrazine groups is 1. The molecule has 0 atom stereocenters. The van der Waals surface area contributed by atoms with Gasteiger partial charge in [0.2, 0.25) is 0 Å². The minimum Gasteiger partial charge on any atom is -0.409 e. The smallest absolute Gasteiger partial charge is 0.409 e. The van der Waals surface area contributed by atoms with Crippen molar-refractivity contribution in [2.45, 2.75) is 12.8 Å². The van der Waals surface area contributed by atoms with E-state index in [9.17, 15) is 14.9 Å². The van der Waals surface area contributed by atoms with Crippen molar-refractivity contribution in [3.63, 3.8) is 0 Å². The average Bonchev–Trinajstić information content (AvgIpc) is 2.39. The highest BCUT2D eigenvalue weighted by atomic mass is 16.6. The molecule has 0 aliphatic heterocycles. The fraction of sp³-hybridized carbons (Fsp3) is 0.364. The minimum atomic E-state index is -0.717. The Kier molecular flexibility index (Phi) is 5.71. The molecule has 0 bridgehead atoms. The fourth-order valence-corrected chi connectivity index (χ4v) is 1.31. The topological polar surface area (TPSA) is 125 Å². The maximum atomic E-state index is 11.5. The number of hydrogen-bond acceptors (Lipinski definition) is 6. The molecule has 0 saturated carbocycles. The van der Waals surface area contributed by atoms with Gasteiger partial charge in [-0.2, -0.15) is 0 Å². The number of carbonyl (C=O) groups is 1. The summed E-state index contributed by atoms with van der Waals surface area (Å²) in [5.41, 5.74) is 5.25. The van der Waals surface area contributed by atoms with E-state index in [2.05, 4.69) is 0 Å². The summed E-state index contributed by atoms with van der Waals surface area (Å²) >= 11 is 0. The van der Waals surface area contributed by atoms with Crippen LogP contribution in [0, 0.1) is 10.1 Å². The molecule has 1 aromatic carbocycles. The first-order valence-corrected chi connectivity index (χ1v) is 5.73. The van der Waals surface area contributed by atoms with Gasteiger partial charge in [0.25, 0.3) is 5.69 Å². The Morgan fingerprint density at radius 3 is 2.47 bits per heavy atom. The van der Waals surface area contributed by atoms with Gasteiger partial charge in [0, 0.05) is 18.7 Å². The van der Waals surface area contributed by atoms with Crippen LogP contribution in [0.15, 0.2) is 24.3 Å².